The summed E-state index contributed by atoms with van der Waals surface area (Å²) in [6.45, 7) is 4.10. The van der Waals surface area contributed by atoms with Crippen LogP contribution in [0.2, 0.25) is 0 Å². The highest BCUT2D eigenvalue weighted by Crippen LogP contribution is 2.15. The normalized spacial score (nSPS) is 14.9. The number of nitrogens with two attached hydrogens (primary N) is 1. The lowest BCUT2D eigenvalue weighted by Crippen LogP contribution is -2.36. The van der Waals surface area contributed by atoms with Crippen molar-refractivity contribution < 1.29 is 4.74 Å². The van der Waals surface area contributed by atoms with Gasteiger partial charge in [0.2, 0.25) is 0 Å². The zero-order valence-electron chi connectivity index (χ0n) is 9.33. The van der Waals surface area contributed by atoms with Crippen LogP contribution in [0.1, 0.15) is 31.8 Å². The van der Waals surface area contributed by atoms with Crippen molar-refractivity contribution in [3.05, 3.63) is 27.9 Å². The second kappa shape index (κ2) is 4.55. The van der Waals surface area contributed by atoms with Crippen molar-refractivity contribution in [1.29, 1.82) is 0 Å². The van der Waals surface area contributed by atoms with Gasteiger partial charge in [0.25, 0.3) is 5.56 Å². The summed E-state index contributed by atoms with van der Waals surface area (Å²) in [4.78, 5) is 18.3. The molecule has 1 heterocycles. The van der Waals surface area contributed by atoms with Gasteiger partial charge in [0, 0.05) is 13.2 Å². The van der Waals surface area contributed by atoms with Gasteiger partial charge in [0.1, 0.15) is 5.82 Å². The number of hydrogen-bond donors (Lipinski definition) is 2. The van der Waals surface area contributed by atoms with E-state index in [2.05, 4.69) is 9.97 Å². The molecule has 0 bridgehead atoms. The highest BCUT2D eigenvalue weighted by atomic mass is 16.5. The maximum absolute atomic E-state index is 11.3. The summed E-state index contributed by atoms with van der Waals surface area (Å²) in [5, 5.41) is 0. The number of ether oxygens (including phenoxy) is 1. The van der Waals surface area contributed by atoms with Gasteiger partial charge in [-0.25, -0.2) is 4.98 Å². The van der Waals surface area contributed by atoms with Crippen molar-refractivity contribution in [3.8, 4) is 0 Å². The predicted molar refractivity (Wildman–Crippen MR) is 57.4 cm³/mol. The minimum absolute atomic E-state index is 0.197. The summed E-state index contributed by atoms with van der Waals surface area (Å²) in [6.07, 6.45) is 0.701. The molecule has 0 radical (unpaired) electrons. The third-order valence-corrected chi connectivity index (χ3v) is 2.36. The molecular formula is C10H17N3O2. The molecule has 5 nitrogen and oxygen atoms in total. The number of aromatic amines is 1. The van der Waals surface area contributed by atoms with Crippen LogP contribution >= 0.6 is 0 Å². The van der Waals surface area contributed by atoms with E-state index in [1.807, 2.05) is 13.8 Å². The van der Waals surface area contributed by atoms with Gasteiger partial charge in [0.05, 0.1) is 17.8 Å². The number of hydrogen-bond acceptors (Lipinski definition) is 4. The largest absolute Gasteiger partial charge is 0.378 e. The van der Waals surface area contributed by atoms with Crippen LogP contribution in [0.25, 0.3) is 0 Å². The Labute approximate surface area is 88.7 Å². The topological polar surface area (TPSA) is 81.0 Å². The molecule has 1 aromatic heterocycles. The number of rotatable bonds is 4. The fraction of sp³-hybridized carbons (Fsp3) is 0.600. The number of nitrogens with one attached hydrogen (secondary N) is 1. The molecule has 5 heteroatoms. The molecule has 84 valence electrons. The summed E-state index contributed by atoms with van der Waals surface area (Å²) in [7, 11) is 1.56. The first kappa shape index (κ1) is 11.9. The molecule has 3 N–H and O–H groups in total. The molecule has 0 saturated heterocycles. The van der Waals surface area contributed by atoms with Gasteiger partial charge in [-0.15, -0.1) is 0 Å². The first-order valence-corrected chi connectivity index (χ1v) is 4.88. The fourth-order valence-corrected chi connectivity index (χ4v) is 1.17. The maximum Gasteiger partial charge on any atom is 0.251 e. The lowest BCUT2D eigenvalue weighted by molar-refractivity contribution is 0.180. The Morgan fingerprint density at radius 1 is 1.67 bits per heavy atom. The van der Waals surface area contributed by atoms with E-state index < -0.39 is 5.54 Å². The van der Waals surface area contributed by atoms with Crippen molar-refractivity contribution in [1.82, 2.24) is 9.97 Å². The summed E-state index contributed by atoms with van der Waals surface area (Å²) in [5.41, 5.74) is 5.79. The second-order valence-electron chi connectivity index (χ2n) is 3.79. The maximum atomic E-state index is 11.3. The highest BCUT2D eigenvalue weighted by molar-refractivity contribution is 5.08. The lowest BCUT2D eigenvalue weighted by Gasteiger charge is -2.21. The van der Waals surface area contributed by atoms with Gasteiger partial charge in [0.15, 0.2) is 0 Å². The fourth-order valence-electron chi connectivity index (χ4n) is 1.17. The van der Waals surface area contributed by atoms with Crippen LogP contribution in [-0.2, 0) is 16.9 Å². The molecule has 0 aromatic carbocycles. The van der Waals surface area contributed by atoms with E-state index >= 15 is 0 Å². The predicted octanol–water partition coefficient (Wildman–Crippen LogP) is 0.500. The molecule has 0 amide bonds. The minimum Gasteiger partial charge on any atom is -0.378 e. The van der Waals surface area contributed by atoms with E-state index in [1.165, 1.54) is 6.07 Å². The van der Waals surface area contributed by atoms with Gasteiger partial charge >= 0.3 is 0 Å². The Bertz CT molecular complexity index is 384. The van der Waals surface area contributed by atoms with Crippen LogP contribution in [-0.4, -0.2) is 17.1 Å². The van der Waals surface area contributed by atoms with Crippen LogP contribution in [0.5, 0.6) is 0 Å². The molecule has 1 aromatic rings. The molecule has 1 rings (SSSR count). The third-order valence-electron chi connectivity index (χ3n) is 2.36. The molecule has 1 atom stereocenters. The monoisotopic (exact) mass is 211 g/mol. The summed E-state index contributed by atoms with van der Waals surface area (Å²) >= 11 is 0. The van der Waals surface area contributed by atoms with E-state index in [0.717, 1.165) is 0 Å². The van der Waals surface area contributed by atoms with Crippen molar-refractivity contribution in [2.45, 2.75) is 32.4 Å². The molecule has 0 unspecified atom stereocenters. The van der Waals surface area contributed by atoms with Gasteiger partial charge in [-0.2, -0.15) is 0 Å². The van der Waals surface area contributed by atoms with Crippen LogP contribution < -0.4 is 11.3 Å². The Balaban J connectivity index is 3.14. The molecule has 0 fully saturated rings. The van der Waals surface area contributed by atoms with Crippen LogP contribution in [0, 0.1) is 0 Å². The zero-order valence-corrected chi connectivity index (χ0v) is 9.33. The quantitative estimate of drug-likeness (QED) is 0.760. The van der Waals surface area contributed by atoms with E-state index in [9.17, 15) is 4.79 Å². The molecule has 0 spiro atoms. The standard InChI is InChI=1S/C10H17N3O2/c1-4-10(2,11)9-12-7(6-15-3)5-8(14)13-9/h5H,4,6,11H2,1-3H3,(H,12,13,14)/t10-/m1/s1. The second-order valence-corrected chi connectivity index (χ2v) is 3.79. The summed E-state index contributed by atoms with van der Waals surface area (Å²) < 4.78 is 4.93. The van der Waals surface area contributed by atoms with Crippen LogP contribution in [0.15, 0.2) is 10.9 Å². The Kier molecular flexibility index (Phi) is 3.60. The van der Waals surface area contributed by atoms with Crippen LogP contribution in [0.4, 0.5) is 0 Å². The molecule has 0 aliphatic carbocycles. The van der Waals surface area contributed by atoms with E-state index in [1.54, 1.807) is 7.11 Å². The number of H-pyrrole nitrogens is 1. The molecule has 0 aliphatic heterocycles. The third kappa shape index (κ3) is 2.87. The van der Waals surface area contributed by atoms with E-state index in [4.69, 9.17) is 10.5 Å². The van der Waals surface area contributed by atoms with E-state index in [0.29, 0.717) is 24.5 Å². The molecular weight excluding hydrogens is 194 g/mol. The Morgan fingerprint density at radius 3 is 2.87 bits per heavy atom. The van der Waals surface area contributed by atoms with Crippen molar-refractivity contribution in [2.75, 3.05) is 7.11 Å². The van der Waals surface area contributed by atoms with Crippen LogP contribution in [0.3, 0.4) is 0 Å². The van der Waals surface area contributed by atoms with Crippen molar-refractivity contribution in [2.24, 2.45) is 5.73 Å². The summed E-state index contributed by atoms with van der Waals surface area (Å²) in [5.74, 6) is 0.504. The molecule has 0 aliphatic rings. The van der Waals surface area contributed by atoms with Crippen molar-refractivity contribution in [3.63, 3.8) is 0 Å². The Hall–Kier alpha value is -1.20. The van der Waals surface area contributed by atoms with Gasteiger partial charge < -0.3 is 15.5 Å². The average molecular weight is 211 g/mol. The molecule has 15 heavy (non-hydrogen) atoms. The summed E-state index contributed by atoms with van der Waals surface area (Å²) in [6, 6.07) is 1.42. The number of nitrogens with zero attached hydrogens (tertiary/aromatic N) is 1. The van der Waals surface area contributed by atoms with Gasteiger partial charge in [-0.1, -0.05) is 6.92 Å². The van der Waals surface area contributed by atoms with Gasteiger partial charge in [-0.3, -0.25) is 4.79 Å². The van der Waals surface area contributed by atoms with E-state index in [-0.39, 0.29) is 5.56 Å². The highest BCUT2D eigenvalue weighted by Gasteiger charge is 2.21. The minimum atomic E-state index is -0.608. The molecule has 0 saturated carbocycles. The Morgan fingerprint density at radius 2 is 2.33 bits per heavy atom. The average Bonchev–Trinajstić information content (AvgIpc) is 2.17. The first-order valence-electron chi connectivity index (χ1n) is 4.88. The van der Waals surface area contributed by atoms with Gasteiger partial charge in [-0.05, 0) is 13.3 Å². The zero-order chi connectivity index (χ0) is 11.5. The smallest absolute Gasteiger partial charge is 0.251 e. The number of aromatic nitrogens is 2. The SMILES string of the molecule is CC[C@@](C)(N)c1nc(COC)cc(=O)[nH]1. The van der Waals surface area contributed by atoms with Crippen molar-refractivity contribution >= 4 is 0 Å². The number of methoxy groups -OCH3 is 1. The first-order chi connectivity index (χ1) is 6.99. The lowest BCUT2D eigenvalue weighted by atomic mass is 9.99.